The van der Waals surface area contributed by atoms with Crippen molar-refractivity contribution in [3.05, 3.63) is 70.8 Å². The molecule has 5 heteroatoms. The third kappa shape index (κ3) is 4.11. The van der Waals surface area contributed by atoms with Crippen molar-refractivity contribution in [2.24, 2.45) is 0 Å². The molecule has 0 saturated carbocycles. The number of aryl methyl sites for hydroxylation is 1. The molecule has 0 aliphatic carbocycles. The van der Waals surface area contributed by atoms with Crippen LogP contribution in [-0.4, -0.2) is 31.6 Å². The maximum atomic E-state index is 12.5. The van der Waals surface area contributed by atoms with Crippen LogP contribution in [0.5, 0.6) is 0 Å². The standard InChI is InChI=1S/C21H24N2O3/c1-15-7-3-4-9-17(15)12-22-20(24)14-23-13-18-10-6-5-8-16(18)11-19(23)21(25)26-2/h3-10,19H,11-14H2,1-2H3,(H,22,24)/p+1/t19-/m0/s1. The number of hydrogen-bond acceptors (Lipinski definition) is 3. The first-order valence-corrected chi connectivity index (χ1v) is 8.89. The fourth-order valence-corrected chi connectivity index (χ4v) is 3.51. The molecule has 2 atom stereocenters. The first-order chi connectivity index (χ1) is 12.6. The molecular weight excluding hydrogens is 328 g/mol. The monoisotopic (exact) mass is 353 g/mol. The lowest BCUT2D eigenvalue weighted by Gasteiger charge is -2.31. The average Bonchev–Trinajstić information content (AvgIpc) is 2.66. The van der Waals surface area contributed by atoms with E-state index >= 15 is 0 Å². The Balaban J connectivity index is 1.67. The molecule has 0 saturated heterocycles. The van der Waals surface area contributed by atoms with Crippen LogP contribution in [0.2, 0.25) is 0 Å². The zero-order valence-corrected chi connectivity index (χ0v) is 15.2. The number of hydrogen-bond donors (Lipinski definition) is 2. The van der Waals surface area contributed by atoms with Gasteiger partial charge < -0.3 is 15.0 Å². The van der Waals surface area contributed by atoms with Gasteiger partial charge in [-0.1, -0.05) is 48.5 Å². The van der Waals surface area contributed by atoms with Crippen molar-refractivity contribution in [3.63, 3.8) is 0 Å². The Kier molecular flexibility index (Phi) is 5.68. The number of methoxy groups -OCH3 is 1. The number of rotatable bonds is 5. The van der Waals surface area contributed by atoms with E-state index in [0.717, 1.165) is 21.6 Å². The Morgan fingerprint density at radius 2 is 1.81 bits per heavy atom. The highest BCUT2D eigenvalue weighted by molar-refractivity contribution is 5.78. The van der Waals surface area contributed by atoms with Crippen LogP contribution >= 0.6 is 0 Å². The van der Waals surface area contributed by atoms with Crippen LogP contribution in [-0.2, 0) is 33.8 Å². The number of carbonyl (C=O) groups is 2. The van der Waals surface area contributed by atoms with Crippen LogP contribution < -0.4 is 10.2 Å². The summed E-state index contributed by atoms with van der Waals surface area (Å²) in [5, 5.41) is 2.98. The van der Waals surface area contributed by atoms with Gasteiger partial charge in [-0.25, -0.2) is 4.79 Å². The average molecular weight is 353 g/mol. The molecule has 1 aliphatic heterocycles. The van der Waals surface area contributed by atoms with Crippen LogP contribution in [0, 0.1) is 6.92 Å². The van der Waals surface area contributed by atoms with Crippen molar-refractivity contribution in [3.8, 4) is 0 Å². The van der Waals surface area contributed by atoms with Crippen molar-refractivity contribution in [2.45, 2.75) is 32.5 Å². The predicted octanol–water partition coefficient (Wildman–Crippen LogP) is 0.794. The molecule has 1 aliphatic rings. The van der Waals surface area contributed by atoms with E-state index in [4.69, 9.17) is 4.74 Å². The summed E-state index contributed by atoms with van der Waals surface area (Å²) in [7, 11) is 1.40. The van der Waals surface area contributed by atoms with Gasteiger partial charge in [-0.05, 0) is 23.6 Å². The van der Waals surface area contributed by atoms with Gasteiger partial charge in [0.05, 0.1) is 7.11 Å². The van der Waals surface area contributed by atoms with Crippen molar-refractivity contribution in [1.29, 1.82) is 0 Å². The van der Waals surface area contributed by atoms with Crippen LogP contribution in [0.25, 0.3) is 0 Å². The van der Waals surface area contributed by atoms with Gasteiger partial charge in [-0.2, -0.15) is 0 Å². The second-order valence-electron chi connectivity index (χ2n) is 6.76. The Labute approximate surface area is 154 Å². The molecule has 0 bridgehead atoms. The molecule has 26 heavy (non-hydrogen) atoms. The van der Waals surface area contributed by atoms with Crippen LogP contribution in [0.4, 0.5) is 0 Å². The van der Waals surface area contributed by atoms with Gasteiger partial charge in [0.25, 0.3) is 5.91 Å². The Morgan fingerprint density at radius 3 is 2.54 bits per heavy atom. The Morgan fingerprint density at radius 1 is 1.12 bits per heavy atom. The van der Waals surface area contributed by atoms with Crippen molar-refractivity contribution in [1.82, 2.24) is 5.32 Å². The zero-order chi connectivity index (χ0) is 18.5. The Hall–Kier alpha value is -2.66. The number of esters is 1. The van der Waals surface area contributed by atoms with Crippen molar-refractivity contribution in [2.75, 3.05) is 13.7 Å². The van der Waals surface area contributed by atoms with E-state index in [9.17, 15) is 9.59 Å². The first kappa shape index (κ1) is 18.1. The van der Waals surface area contributed by atoms with Gasteiger partial charge in [0.2, 0.25) is 0 Å². The maximum Gasteiger partial charge on any atom is 0.365 e. The molecule has 1 amide bonds. The van der Waals surface area contributed by atoms with Gasteiger partial charge in [0.1, 0.15) is 6.54 Å². The number of nitrogens with one attached hydrogen (secondary N) is 2. The summed E-state index contributed by atoms with van der Waals surface area (Å²) < 4.78 is 4.97. The summed E-state index contributed by atoms with van der Waals surface area (Å²) in [5.41, 5.74) is 4.60. The van der Waals surface area contributed by atoms with Gasteiger partial charge in [0.15, 0.2) is 12.6 Å². The van der Waals surface area contributed by atoms with E-state index in [0.29, 0.717) is 19.5 Å². The number of fused-ring (bicyclic) bond motifs is 1. The first-order valence-electron chi connectivity index (χ1n) is 8.89. The third-order valence-electron chi connectivity index (χ3n) is 5.06. The largest absolute Gasteiger partial charge is 0.465 e. The molecule has 0 aromatic heterocycles. The second kappa shape index (κ2) is 8.15. The van der Waals surface area contributed by atoms with Gasteiger partial charge in [0, 0.05) is 18.5 Å². The van der Waals surface area contributed by atoms with Crippen LogP contribution in [0.15, 0.2) is 48.5 Å². The van der Waals surface area contributed by atoms with E-state index < -0.39 is 0 Å². The fraction of sp³-hybridized carbons (Fsp3) is 0.333. The lowest BCUT2D eigenvalue weighted by molar-refractivity contribution is -0.924. The van der Waals surface area contributed by atoms with E-state index in [1.807, 2.05) is 49.4 Å². The summed E-state index contributed by atoms with van der Waals surface area (Å²) in [6.07, 6.45) is 0.600. The molecule has 0 spiro atoms. The molecule has 1 heterocycles. The van der Waals surface area contributed by atoms with Crippen LogP contribution in [0.1, 0.15) is 22.3 Å². The molecular formula is C21H25N2O3+. The summed E-state index contributed by atoms with van der Waals surface area (Å²) in [4.78, 5) is 25.6. The van der Waals surface area contributed by atoms with Crippen molar-refractivity contribution < 1.29 is 19.2 Å². The number of quaternary nitrogens is 1. The zero-order valence-electron chi connectivity index (χ0n) is 15.2. The minimum absolute atomic E-state index is 0.0588. The van der Waals surface area contributed by atoms with E-state index in [2.05, 4.69) is 11.4 Å². The topological polar surface area (TPSA) is 59.8 Å². The summed E-state index contributed by atoms with van der Waals surface area (Å²) in [5.74, 6) is -0.322. The molecule has 5 nitrogen and oxygen atoms in total. The molecule has 1 unspecified atom stereocenters. The third-order valence-corrected chi connectivity index (χ3v) is 5.06. The molecule has 136 valence electrons. The van der Waals surface area contributed by atoms with Crippen LogP contribution in [0.3, 0.4) is 0 Å². The Bertz CT molecular complexity index is 803. The SMILES string of the molecule is COC(=O)[C@@H]1Cc2ccccc2C[NH+]1CC(=O)NCc1ccccc1C. The van der Waals surface area contributed by atoms with E-state index in [1.54, 1.807) is 0 Å². The lowest BCUT2D eigenvalue weighted by atomic mass is 9.94. The van der Waals surface area contributed by atoms with E-state index in [1.165, 1.54) is 12.7 Å². The maximum absolute atomic E-state index is 12.5. The normalized spacial score (nSPS) is 18.7. The minimum Gasteiger partial charge on any atom is -0.465 e. The smallest absolute Gasteiger partial charge is 0.365 e. The quantitative estimate of drug-likeness (QED) is 0.782. The summed E-state index contributed by atoms with van der Waals surface area (Å²) >= 11 is 0. The molecule has 2 N–H and O–H groups in total. The molecule has 0 fully saturated rings. The summed E-state index contributed by atoms with van der Waals surface area (Å²) in [6.45, 7) is 3.42. The predicted molar refractivity (Wildman–Crippen MR) is 98.5 cm³/mol. The lowest BCUT2D eigenvalue weighted by Crippen LogP contribution is -3.17. The molecule has 2 aromatic rings. The van der Waals surface area contributed by atoms with E-state index in [-0.39, 0.29) is 24.5 Å². The minimum atomic E-state index is -0.348. The molecule has 3 rings (SSSR count). The fourth-order valence-electron chi connectivity index (χ4n) is 3.51. The highest BCUT2D eigenvalue weighted by Gasteiger charge is 2.36. The highest BCUT2D eigenvalue weighted by atomic mass is 16.5. The number of ether oxygens (including phenoxy) is 1. The van der Waals surface area contributed by atoms with Gasteiger partial charge in [-0.15, -0.1) is 0 Å². The number of carbonyl (C=O) groups excluding carboxylic acids is 2. The van der Waals surface area contributed by atoms with Gasteiger partial charge >= 0.3 is 5.97 Å². The number of amides is 1. The van der Waals surface area contributed by atoms with Gasteiger partial charge in [-0.3, -0.25) is 4.79 Å². The number of benzene rings is 2. The highest BCUT2D eigenvalue weighted by Crippen LogP contribution is 2.14. The second-order valence-corrected chi connectivity index (χ2v) is 6.76. The van der Waals surface area contributed by atoms with Crippen molar-refractivity contribution >= 4 is 11.9 Å². The summed E-state index contributed by atoms with van der Waals surface area (Å²) in [6, 6.07) is 15.7. The molecule has 0 radical (unpaired) electrons. The molecule has 2 aromatic carbocycles.